The fourth-order valence-corrected chi connectivity index (χ4v) is 4.88. The summed E-state index contributed by atoms with van der Waals surface area (Å²) in [6, 6.07) is 2.85. The van der Waals surface area contributed by atoms with E-state index in [1.54, 1.807) is 12.5 Å². The van der Waals surface area contributed by atoms with Gasteiger partial charge in [0.2, 0.25) is 0 Å². The van der Waals surface area contributed by atoms with Gasteiger partial charge in [-0.05, 0) is 38.7 Å². The number of aromatic nitrogens is 5. The van der Waals surface area contributed by atoms with Gasteiger partial charge in [0.1, 0.15) is 16.9 Å². The molecule has 30 heavy (non-hydrogen) atoms. The van der Waals surface area contributed by atoms with Gasteiger partial charge in [-0.1, -0.05) is 0 Å². The van der Waals surface area contributed by atoms with Crippen molar-refractivity contribution in [2.75, 3.05) is 5.32 Å². The van der Waals surface area contributed by atoms with Crippen molar-refractivity contribution in [3.63, 3.8) is 0 Å². The molecule has 4 aromatic heterocycles. The zero-order valence-electron chi connectivity index (χ0n) is 17.0. The van der Waals surface area contributed by atoms with Gasteiger partial charge in [0, 0.05) is 42.6 Å². The summed E-state index contributed by atoms with van der Waals surface area (Å²) in [5, 5.41) is 6.97. The molecule has 1 amide bonds. The third-order valence-corrected chi connectivity index (χ3v) is 6.70. The predicted octanol–water partition coefficient (Wildman–Crippen LogP) is 3.91. The molecular weight excluding hydrogens is 398 g/mol. The first-order chi connectivity index (χ1) is 14.7. The van der Waals surface area contributed by atoms with Crippen molar-refractivity contribution >= 4 is 50.3 Å². The van der Waals surface area contributed by atoms with E-state index in [0.29, 0.717) is 24.4 Å². The van der Waals surface area contributed by atoms with Crippen LogP contribution in [0, 0.1) is 0 Å². The van der Waals surface area contributed by atoms with Gasteiger partial charge in [-0.15, -0.1) is 11.3 Å². The first-order valence-corrected chi connectivity index (χ1v) is 11.4. The lowest BCUT2D eigenvalue weighted by atomic mass is 10.2. The SMILES string of the molecule is CCn1c(C(=O)N(C2CC2)C2CC2)cc2c3c(ncn3C)c(Nc3nccs3)nc21. The van der Waals surface area contributed by atoms with E-state index in [9.17, 15) is 4.79 Å². The highest BCUT2D eigenvalue weighted by Gasteiger charge is 2.43. The summed E-state index contributed by atoms with van der Waals surface area (Å²) in [7, 11) is 1.98. The Morgan fingerprint density at radius 1 is 1.27 bits per heavy atom. The number of imidazole rings is 1. The molecule has 0 radical (unpaired) electrons. The molecule has 0 saturated heterocycles. The normalized spacial score (nSPS) is 16.5. The van der Waals surface area contributed by atoms with Gasteiger partial charge in [0.15, 0.2) is 10.9 Å². The van der Waals surface area contributed by atoms with Crippen LogP contribution in [0.3, 0.4) is 0 Å². The first-order valence-electron chi connectivity index (χ1n) is 10.5. The molecule has 2 saturated carbocycles. The predicted molar refractivity (Wildman–Crippen MR) is 117 cm³/mol. The topological polar surface area (TPSA) is 80.9 Å². The van der Waals surface area contributed by atoms with E-state index in [4.69, 9.17) is 4.98 Å². The zero-order chi connectivity index (χ0) is 20.4. The standard InChI is InChI=1S/C21H23N7OS/c1-3-27-15(20(29)28(12-4-5-12)13-6-7-13)10-14-17-16(23-11-26(17)2)18(24-19(14)27)25-21-22-8-9-30-21/h8-13H,3-7H2,1-2H3,(H,22,24,25). The number of nitrogens with zero attached hydrogens (tertiary/aromatic N) is 6. The fraction of sp³-hybridized carbons (Fsp3) is 0.429. The second kappa shape index (κ2) is 6.53. The molecule has 2 fully saturated rings. The number of anilines is 2. The number of rotatable bonds is 6. The van der Waals surface area contributed by atoms with E-state index in [1.807, 2.05) is 23.1 Å². The highest BCUT2D eigenvalue weighted by Crippen LogP contribution is 2.39. The summed E-state index contributed by atoms with van der Waals surface area (Å²) in [6.45, 7) is 2.75. The number of pyridine rings is 1. The van der Waals surface area contributed by atoms with Gasteiger partial charge in [-0.3, -0.25) is 4.79 Å². The maximum Gasteiger partial charge on any atom is 0.271 e. The molecule has 0 atom stereocenters. The Labute approximate surface area is 177 Å². The van der Waals surface area contributed by atoms with Gasteiger partial charge in [-0.25, -0.2) is 15.0 Å². The molecule has 2 aliphatic rings. The van der Waals surface area contributed by atoms with E-state index < -0.39 is 0 Å². The number of hydrogen-bond acceptors (Lipinski definition) is 6. The maximum atomic E-state index is 13.6. The lowest BCUT2D eigenvalue weighted by Crippen LogP contribution is -2.36. The Hall–Kier alpha value is -2.94. The lowest BCUT2D eigenvalue weighted by Gasteiger charge is -2.22. The summed E-state index contributed by atoms with van der Waals surface area (Å²) < 4.78 is 4.05. The molecule has 8 nitrogen and oxygen atoms in total. The van der Waals surface area contributed by atoms with Crippen molar-refractivity contribution in [2.45, 2.75) is 51.2 Å². The molecule has 154 valence electrons. The molecule has 0 aliphatic heterocycles. The monoisotopic (exact) mass is 421 g/mol. The summed E-state index contributed by atoms with van der Waals surface area (Å²) in [6.07, 6.45) is 8.06. The molecule has 9 heteroatoms. The van der Waals surface area contributed by atoms with Crippen LogP contribution in [0.5, 0.6) is 0 Å². The van der Waals surface area contributed by atoms with Crippen LogP contribution in [0.25, 0.3) is 22.1 Å². The van der Waals surface area contributed by atoms with Crippen LogP contribution in [-0.4, -0.2) is 47.0 Å². The molecule has 1 N–H and O–H groups in total. The molecule has 0 unspecified atom stereocenters. The zero-order valence-corrected chi connectivity index (χ0v) is 17.8. The van der Waals surface area contributed by atoms with E-state index >= 15 is 0 Å². The Morgan fingerprint density at radius 2 is 2.03 bits per heavy atom. The van der Waals surface area contributed by atoms with Crippen LogP contribution in [-0.2, 0) is 13.6 Å². The van der Waals surface area contributed by atoms with Crippen molar-refractivity contribution < 1.29 is 4.79 Å². The van der Waals surface area contributed by atoms with E-state index in [-0.39, 0.29) is 5.91 Å². The van der Waals surface area contributed by atoms with E-state index in [2.05, 4.69) is 31.7 Å². The highest BCUT2D eigenvalue weighted by molar-refractivity contribution is 7.13. The number of hydrogen-bond donors (Lipinski definition) is 1. The van der Waals surface area contributed by atoms with Gasteiger partial charge in [0.25, 0.3) is 5.91 Å². The second-order valence-electron chi connectivity index (χ2n) is 8.16. The third-order valence-electron chi connectivity index (χ3n) is 6.01. The van der Waals surface area contributed by atoms with Crippen molar-refractivity contribution in [1.29, 1.82) is 0 Å². The molecule has 0 bridgehead atoms. The van der Waals surface area contributed by atoms with Crippen LogP contribution in [0.2, 0.25) is 0 Å². The number of aryl methyl sites for hydroxylation is 2. The van der Waals surface area contributed by atoms with Crippen LogP contribution in [0.15, 0.2) is 24.0 Å². The Kier molecular flexibility index (Phi) is 3.89. The van der Waals surface area contributed by atoms with Gasteiger partial charge < -0.3 is 19.4 Å². The number of carbonyl (C=O) groups excluding carboxylic acids is 1. The van der Waals surface area contributed by atoms with Crippen molar-refractivity contribution in [2.24, 2.45) is 7.05 Å². The number of thiazole rings is 1. The van der Waals surface area contributed by atoms with Gasteiger partial charge in [-0.2, -0.15) is 0 Å². The largest absolute Gasteiger partial charge is 0.333 e. The molecule has 0 aromatic carbocycles. The quantitative estimate of drug-likeness (QED) is 0.511. The van der Waals surface area contributed by atoms with Gasteiger partial charge >= 0.3 is 0 Å². The smallest absolute Gasteiger partial charge is 0.271 e. The van der Waals surface area contributed by atoms with Crippen molar-refractivity contribution in [3.05, 3.63) is 29.7 Å². The summed E-state index contributed by atoms with van der Waals surface area (Å²) in [4.78, 5) is 29.5. The van der Waals surface area contributed by atoms with Gasteiger partial charge in [0.05, 0.1) is 11.8 Å². The number of amides is 1. The Morgan fingerprint density at radius 3 is 2.67 bits per heavy atom. The average molecular weight is 422 g/mol. The molecule has 4 heterocycles. The molecule has 6 rings (SSSR count). The molecule has 2 aliphatic carbocycles. The summed E-state index contributed by atoms with van der Waals surface area (Å²) in [5.74, 6) is 0.811. The minimum Gasteiger partial charge on any atom is -0.333 e. The number of fused-ring (bicyclic) bond motifs is 3. The Balaban J connectivity index is 1.54. The van der Waals surface area contributed by atoms with Crippen LogP contribution >= 0.6 is 11.3 Å². The van der Waals surface area contributed by atoms with Crippen LogP contribution in [0.4, 0.5) is 10.9 Å². The maximum absolute atomic E-state index is 13.6. The number of carbonyl (C=O) groups is 1. The molecule has 0 spiro atoms. The molecule has 4 aromatic rings. The first kappa shape index (κ1) is 17.9. The van der Waals surface area contributed by atoms with Crippen molar-refractivity contribution in [3.8, 4) is 0 Å². The third kappa shape index (κ3) is 2.72. The summed E-state index contributed by atoms with van der Waals surface area (Å²) >= 11 is 1.52. The minimum atomic E-state index is 0.143. The highest BCUT2D eigenvalue weighted by atomic mass is 32.1. The van der Waals surface area contributed by atoms with Crippen LogP contribution < -0.4 is 5.32 Å². The number of nitrogens with one attached hydrogen (secondary N) is 1. The van der Waals surface area contributed by atoms with Crippen molar-refractivity contribution in [1.82, 2.24) is 29.0 Å². The van der Waals surface area contributed by atoms with Crippen LogP contribution in [0.1, 0.15) is 43.1 Å². The lowest BCUT2D eigenvalue weighted by molar-refractivity contribution is 0.0719. The minimum absolute atomic E-state index is 0.143. The summed E-state index contributed by atoms with van der Waals surface area (Å²) in [5.41, 5.74) is 3.30. The Bertz CT molecular complexity index is 1250. The average Bonchev–Trinajstić information content (AvgIpc) is 3.63. The van der Waals surface area contributed by atoms with E-state index in [1.165, 1.54) is 11.3 Å². The van der Waals surface area contributed by atoms with E-state index in [0.717, 1.165) is 58.6 Å². The fourth-order valence-electron chi connectivity index (χ4n) is 4.35. The molecular formula is C21H23N7OS. The second-order valence-corrected chi connectivity index (χ2v) is 9.06.